The van der Waals surface area contributed by atoms with Crippen molar-refractivity contribution in [1.82, 2.24) is 4.98 Å². The zero-order valence-corrected chi connectivity index (χ0v) is 15.6. The van der Waals surface area contributed by atoms with E-state index in [4.69, 9.17) is 0 Å². The van der Waals surface area contributed by atoms with Crippen LogP contribution < -0.4 is 10.2 Å². The molecule has 1 N–H and O–H groups in total. The Bertz CT molecular complexity index is 965. The highest BCUT2D eigenvalue weighted by Crippen LogP contribution is 2.37. The molecule has 2 aromatic carbocycles. The van der Waals surface area contributed by atoms with E-state index in [0.29, 0.717) is 18.3 Å². The molecule has 1 aliphatic rings. The number of aryl methyl sites for hydroxylation is 1. The second-order valence-corrected chi connectivity index (χ2v) is 7.17. The Hall–Kier alpha value is -3.14. The van der Waals surface area contributed by atoms with Crippen LogP contribution >= 0.6 is 0 Å². The molecule has 1 amide bonds. The number of carbonyl (C=O) groups excluding carboxylic acids is 1. The van der Waals surface area contributed by atoms with Crippen molar-refractivity contribution in [2.75, 3.05) is 10.2 Å². The molecule has 0 saturated heterocycles. The highest BCUT2D eigenvalue weighted by molar-refractivity contribution is 5.91. The summed E-state index contributed by atoms with van der Waals surface area (Å²) in [5.74, 6) is 0.525. The van der Waals surface area contributed by atoms with Gasteiger partial charge in [0.05, 0.1) is 18.3 Å². The van der Waals surface area contributed by atoms with Gasteiger partial charge in [0.1, 0.15) is 5.82 Å². The van der Waals surface area contributed by atoms with Gasteiger partial charge in [0, 0.05) is 11.7 Å². The first kappa shape index (κ1) is 17.3. The summed E-state index contributed by atoms with van der Waals surface area (Å²) < 4.78 is 0. The Balaban J connectivity index is 1.46. The standard InChI is InChI=1S/C23H23N3O/c1-16-6-5-7-18(12-16)14-23(27)25-22-11-10-20(15-24-22)26-17(2)13-19-8-3-4-9-21(19)26/h3-12,15,17H,13-14H2,1-2H3,(H,24,25,27). The molecule has 4 rings (SSSR count). The van der Waals surface area contributed by atoms with E-state index in [0.717, 1.165) is 23.2 Å². The van der Waals surface area contributed by atoms with Crippen molar-refractivity contribution in [2.24, 2.45) is 0 Å². The van der Waals surface area contributed by atoms with Gasteiger partial charge in [-0.25, -0.2) is 4.98 Å². The summed E-state index contributed by atoms with van der Waals surface area (Å²) in [6, 6.07) is 20.8. The topological polar surface area (TPSA) is 45.2 Å². The van der Waals surface area contributed by atoms with Crippen LogP contribution in [0.4, 0.5) is 17.2 Å². The minimum Gasteiger partial charge on any atom is -0.337 e. The van der Waals surface area contributed by atoms with Crippen LogP contribution in [0.3, 0.4) is 0 Å². The zero-order chi connectivity index (χ0) is 18.8. The van der Waals surface area contributed by atoms with Gasteiger partial charge in [0.15, 0.2) is 0 Å². The van der Waals surface area contributed by atoms with Crippen LogP contribution in [0.5, 0.6) is 0 Å². The first-order chi connectivity index (χ1) is 13.1. The molecule has 1 aromatic heterocycles. The molecule has 0 spiro atoms. The van der Waals surface area contributed by atoms with E-state index >= 15 is 0 Å². The fraction of sp³-hybridized carbons (Fsp3) is 0.217. The molecule has 27 heavy (non-hydrogen) atoms. The number of pyridine rings is 1. The van der Waals surface area contributed by atoms with E-state index in [1.54, 1.807) is 0 Å². The fourth-order valence-electron chi connectivity index (χ4n) is 3.76. The second kappa shape index (κ2) is 7.23. The summed E-state index contributed by atoms with van der Waals surface area (Å²) in [5, 5.41) is 2.89. The Kier molecular flexibility index (Phi) is 4.63. The Morgan fingerprint density at radius 3 is 2.78 bits per heavy atom. The van der Waals surface area contributed by atoms with Gasteiger partial charge in [-0.1, -0.05) is 48.0 Å². The predicted octanol–water partition coefficient (Wildman–Crippen LogP) is 4.65. The number of hydrogen-bond acceptors (Lipinski definition) is 3. The van der Waals surface area contributed by atoms with Crippen LogP contribution in [-0.2, 0) is 17.6 Å². The SMILES string of the molecule is Cc1cccc(CC(=O)Nc2ccc(N3c4ccccc4CC3C)cn2)c1. The van der Waals surface area contributed by atoms with E-state index in [-0.39, 0.29) is 5.91 Å². The summed E-state index contributed by atoms with van der Waals surface area (Å²) in [4.78, 5) is 19.1. The number of anilines is 3. The third-order valence-electron chi connectivity index (χ3n) is 4.95. The van der Waals surface area contributed by atoms with Gasteiger partial charge in [-0.05, 0) is 49.6 Å². The van der Waals surface area contributed by atoms with Crippen molar-refractivity contribution >= 4 is 23.1 Å². The number of carbonyl (C=O) groups is 1. The lowest BCUT2D eigenvalue weighted by atomic mass is 10.1. The number of amides is 1. The maximum atomic E-state index is 12.3. The summed E-state index contributed by atoms with van der Waals surface area (Å²) in [6.07, 6.45) is 3.22. The molecule has 0 aliphatic carbocycles. The molecule has 1 unspecified atom stereocenters. The van der Waals surface area contributed by atoms with Gasteiger partial charge in [0.25, 0.3) is 0 Å². The lowest BCUT2D eigenvalue weighted by Crippen LogP contribution is -2.24. The van der Waals surface area contributed by atoms with Crippen molar-refractivity contribution in [3.8, 4) is 0 Å². The summed E-state index contributed by atoms with van der Waals surface area (Å²) in [7, 11) is 0. The molecule has 0 bridgehead atoms. The van der Waals surface area contributed by atoms with Gasteiger partial charge in [-0.15, -0.1) is 0 Å². The van der Waals surface area contributed by atoms with E-state index in [2.05, 4.69) is 46.4 Å². The smallest absolute Gasteiger partial charge is 0.229 e. The van der Waals surface area contributed by atoms with E-state index in [9.17, 15) is 4.79 Å². The molecule has 2 heterocycles. The first-order valence-electron chi connectivity index (χ1n) is 9.29. The minimum atomic E-state index is -0.0549. The number of fused-ring (bicyclic) bond motifs is 1. The number of hydrogen-bond donors (Lipinski definition) is 1. The average Bonchev–Trinajstić information content (AvgIpc) is 2.98. The van der Waals surface area contributed by atoms with Crippen LogP contribution in [-0.4, -0.2) is 16.9 Å². The van der Waals surface area contributed by atoms with Gasteiger partial charge in [-0.2, -0.15) is 0 Å². The van der Waals surface area contributed by atoms with Crippen molar-refractivity contribution in [2.45, 2.75) is 32.7 Å². The van der Waals surface area contributed by atoms with E-state index in [1.807, 2.05) is 49.5 Å². The number of para-hydroxylation sites is 1. The van der Waals surface area contributed by atoms with Crippen molar-refractivity contribution in [1.29, 1.82) is 0 Å². The quantitative estimate of drug-likeness (QED) is 0.739. The molecule has 3 aromatic rings. The van der Waals surface area contributed by atoms with Crippen molar-refractivity contribution in [3.63, 3.8) is 0 Å². The molecule has 1 atom stereocenters. The average molecular weight is 357 g/mol. The van der Waals surface area contributed by atoms with E-state index in [1.165, 1.54) is 11.3 Å². The predicted molar refractivity (Wildman–Crippen MR) is 109 cm³/mol. The molecule has 0 saturated carbocycles. The lowest BCUT2D eigenvalue weighted by molar-refractivity contribution is -0.115. The largest absolute Gasteiger partial charge is 0.337 e. The molecule has 0 radical (unpaired) electrons. The molecular formula is C23H23N3O. The maximum Gasteiger partial charge on any atom is 0.229 e. The van der Waals surface area contributed by atoms with Gasteiger partial charge >= 0.3 is 0 Å². The fourth-order valence-corrected chi connectivity index (χ4v) is 3.76. The van der Waals surface area contributed by atoms with Crippen molar-refractivity contribution in [3.05, 3.63) is 83.6 Å². The number of benzene rings is 2. The van der Waals surface area contributed by atoms with Crippen LogP contribution in [0.15, 0.2) is 66.9 Å². The Morgan fingerprint density at radius 2 is 2.00 bits per heavy atom. The summed E-state index contributed by atoms with van der Waals surface area (Å²) in [5.41, 5.74) is 5.81. The van der Waals surface area contributed by atoms with Gasteiger partial charge < -0.3 is 10.2 Å². The first-order valence-corrected chi connectivity index (χ1v) is 9.29. The van der Waals surface area contributed by atoms with E-state index < -0.39 is 0 Å². The van der Waals surface area contributed by atoms with Crippen molar-refractivity contribution < 1.29 is 4.79 Å². The maximum absolute atomic E-state index is 12.3. The molecule has 4 heteroatoms. The van der Waals surface area contributed by atoms with Crippen LogP contribution in [0, 0.1) is 6.92 Å². The normalized spacial score (nSPS) is 15.5. The summed E-state index contributed by atoms with van der Waals surface area (Å²) in [6.45, 7) is 4.25. The highest BCUT2D eigenvalue weighted by Gasteiger charge is 2.26. The molecule has 136 valence electrons. The molecule has 4 nitrogen and oxygen atoms in total. The molecule has 0 fully saturated rings. The minimum absolute atomic E-state index is 0.0549. The van der Waals surface area contributed by atoms with Crippen LogP contribution in [0.2, 0.25) is 0 Å². The Morgan fingerprint density at radius 1 is 1.15 bits per heavy atom. The van der Waals surface area contributed by atoms with Gasteiger partial charge in [0.2, 0.25) is 5.91 Å². The number of aromatic nitrogens is 1. The second-order valence-electron chi connectivity index (χ2n) is 7.17. The number of nitrogens with zero attached hydrogens (tertiary/aromatic N) is 2. The third kappa shape index (κ3) is 3.70. The number of rotatable bonds is 4. The van der Waals surface area contributed by atoms with Gasteiger partial charge in [-0.3, -0.25) is 4.79 Å². The number of nitrogens with one attached hydrogen (secondary N) is 1. The lowest BCUT2D eigenvalue weighted by Gasteiger charge is -2.24. The monoisotopic (exact) mass is 357 g/mol. The third-order valence-corrected chi connectivity index (χ3v) is 4.95. The Labute approximate surface area is 159 Å². The summed E-state index contributed by atoms with van der Waals surface area (Å²) >= 11 is 0. The highest BCUT2D eigenvalue weighted by atomic mass is 16.1. The molecule has 1 aliphatic heterocycles. The zero-order valence-electron chi connectivity index (χ0n) is 15.6. The van der Waals surface area contributed by atoms with Crippen LogP contribution in [0.1, 0.15) is 23.6 Å². The van der Waals surface area contributed by atoms with Crippen LogP contribution in [0.25, 0.3) is 0 Å². The molecular weight excluding hydrogens is 334 g/mol.